The van der Waals surface area contributed by atoms with E-state index in [1.54, 1.807) is 22.7 Å². The first-order valence-electron chi connectivity index (χ1n) is 7.83. The number of likely N-dealkylation sites (tertiary alicyclic amines) is 1. The zero-order valence-corrected chi connectivity index (χ0v) is 13.5. The number of urea groups is 1. The molecule has 1 aromatic carbocycles. The van der Waals surface area contributed by atoms with E-state index in [1.165, 1.54) is 0 Å². The van der Waals surface area contributed by atoms with Crippen LogP contribution in [0.3, 0.4) is 0 Å². The van der Waals surface area contributed by atoms with Gasteiger partial charge < -0.3 is 15.3 Å². The zero-order chi connectivity index (χ0) is 17.2. The third kappa shape index (κ3) is 3.24. The van der Waals surface area contributed by atoms with E-state index in [0.717, 1.165) is 11.3 Å². The van der Waals surface area contributed by atoms with Gasteiger partial charge in [0, 0.05) is 32.0 Å². The number of aromatic nitrogens is 2. The number of carbonyl (C=O) groups excluding carboxylic acids is 1. The number of rotatable bonds is 4. The molecule has 7 heteroatoms. The summed E-state index contributed by atoms with van der Waals surface area (Å²) in [5.74, 6) is -0.855. The van der Waals surface area contributed by atoms with Gasteiger partial charge in [-0.3, -0.25) is 4.79 Å². The summed E-state index contributed by atoms with van der Waals surface area (Å²) >= 11 is 0. The lowest BCUT2D eigenvalue weighted by Gasteiger charge is -2.20. The third-order valence-electron chi connectivity index (χ3n) is 4.43. The number of amides is 2. The van der Waals surface area contributed by atoms with E-state index in [0.29, 0.717) is 19.5 Å². The molecule has 0 spiro atoms. The normalized spacial score (nSPS) is 20.1. The summed E-state index contributed by atoms with van der Waals surface area (Å²) in [5, 5.41) is 16.2. The van der Waals surface area contributed by atoms with Gasteiger partial charge in [-0.2, -0.15) is 5.10 Å². The molecule has 1 saturated heterocycles. The number of carboxylic acids is 1. The van der Waals surface area contributed by atoms with Crippen molar-refractivity contribution < 1.29 is 14.7 Å². The number of benzene rings is 1. The van der Waals surface area contributed by atoms with Crippen LogP contribution in [0.4, 0.5) is 4.79 Å². The highest BCUT2D eigenvalue weighted by Gasteiger charge is 2.42. The van der Waals surface area contributed by atoms with Crippen LogP contribution in [0.15, 0.2) is 42.7 Å². The molecule has 1 aliphatic rings. The smallest absolute Gasteiger partial charge is 0.317 e. The summed E-state index contributed by atoms with van der Waals surface area (Å²) in [6, 6.07) is 9.37. The van der Waals surface area contributed by atoms with Gasteiger partial charge in [-0.1, -0.05) is 12.1 Å². The quantitative estimate of drug-likeness (QED) is 0.897. The van der Waals surface area contributed by atoms with E-state index < -0.39 is 11.4 Å². The highest BCUT2D eigenvalue weighted by Crippen LogP contribution is 2.29. The molecule has 3 rings (SSSR count). The van der Waals surface area contributed by atoms with Crippen molar-refractivity contribution in [3.05, 3.63) is 48.3 Å². The lowest BCUT2D eigenvalue weighted by molar-refractivity contribution is -0.147. The summed E-state index contributed by atoms with van der Waals surface area (Å²) in [6.45, 7) is 2.79. The Bertz CT molecular complexity index is 727. The van der Waals surface area contributed by atoms with E-state index in [1.807, 2.05) is 36.5 Å². The van der Waals surface area contributed by atoms with Crippen molar-refractivity contribution in [2.24, 2.45) is 5.41 Å². The maximum absolute atomic E-state index is 12.2. The van der Waals surface area contributed by atoms with Crippen LogP contribution in [0, 0.1) is 5.41 Å². The van der Waals surface area contributed by atoms with Crippen LogP contribution in [-0.2, 0) is 11.3 Å². The Hall–Kier alpha value is -2.83. The molecule has 2 heterocycles. The standard InChI is InChI=1S/C17H20N4O3/c1-17(15(22)23)7-10-20(12-17)16(24)18-11-13-3-5-14(6-4-13)21-9-2-8-19-21/h2-6,8-9H,7,10-12H2,1H3,(H,18,24)(H,22,23). The van der Waals surface area contributed by atoms with Crippen molar-refractivity contribution in [3.63, 3.8) is 0 Å². The second-order valence-electron chi connectivity index (χ2n) is 6.31. The molecule has 2 aromatic rings. The predicted molar refractivity (Wildman–Crippen MR) is 87.7 cm³/mol. The van der Waals surface area contributed by atoms with Crippen LogP contribution in [-0.4, -0.2) is 44.9 Å². The number of carbonyl (C=O) groups is 2. The van der Waals surface area contributed by atoms with Gasteiger partial charge in [-0.15, -0.1) is 0 Å². The van der Waals surface area contributed by atoms with Crippen LogP contribution >= 0.6 is 0 Å². The van der Waals surface area contributed by atoms with Gasteiger partial charge in [0.15, 0.2) is 0 Å². The Labute approximate surface area is 139 Å². The number of nitrogens with zero attached hydrogens (tertiary/aromatic N) is 3. The molecule has 0 bridgehead atoms. The lowest BCUT2D eigenvalue weighted by Crippen LogP contribution is -2.40. The van der Waals surface area contributed by atoms with Crippen LogP contribution in [0.2, 0.25) is 0 Å². The van der Waals surface area contributed by atoms with Crippen molar-refractivity contribution in [2.45, 2.75) is 19.9 Å². The topological polar surface area (TPSA) is 87.5 Å². The maximum atomic E-state index is 12.2. The molecule has 7 nitrogen and oxygen atoms in total. The second kappa shape index (κ2) is 6.35. The average Bonchev–Trinajstić information content (AvgIpc) is 3.23. The van der Waals surface area contributed by atoms with Crippen molar-refractivity contribution in [3.8, 4) is 5.69 Å². The van der Waals surface area contributed by atoms with Crippen LogP contribution < -0.4 is 5.32 Å². The molecular weight excluding hydrogens is 308 g/mol. The van der Waals surface area contributed by atoms with Crippen molar-refractivity contribution in [1.29, 1.82) is 0 Å². The summed E-state index contributed by atoms with van der Waals surface area (Å²) in [7, 11) is 0. The minimum Gasteiger partial charge on any atom is -0.481 e. The zero-order valence-electron chi connectivity index (χ0n) is 13.5. The van der Waals surface area contributed by atoms with Gasteiger partial charge in [0.05, 0.1) is 11.1 Å². The molecule has 0 aliphatic carbocycles. The molecule has 2 amide bonds. The Morgan fingerprint density at radius 2 is 2.08 bits per heavy atom. The number of nitrogens with one attached hydrogen (secondary N) is 1. The minimum atomic E-state index is -0.855. The van der Waals surface area contributed by atoms with E-state index in [2.05, 4.69) is 10.4 Å². The highest BCUT2D eigenvalue weighted by atomic mass is 16.4. The highest BCUT2D eigenvalue weighted by molar-refractivity contribution is 5.79. The number of aliphatic carboxylic acids is 1. The summed E-state index contributed by atoms with van der Waals surface area (Å²) < 4.78 is 1.76. The fourth-order valence-electron chi connectivity index (χ4n) is 2.79. The summed E-state index contributed by atoms with van der Waals surface area (Å²) in [4.78, 5) is 25.0. The SMILES string of the molecule is CC1(C(=O)O)CCN(C(=O)NCc2ccc(-n3cccn3)cc2)C1. The molecule has 2 N–H and O–H groups in total. The Kier molecular flexibility index (Phi) is 4.24. The number of carboxylic acid groups (broad SMARTS) is 1. The molecule has 1 aliphatic heterocycles. The molecule has 1 unspecified atom stereocenters. The van der Waals surface area contributed by atoms with Crippen LogP contribution in [0.5, 0.6) is 0 Å². The van der Waals surface area contributed by atoms with E-state index in [9.17, 15) is 14.7 Å². The summed E-state index contributed by atoms with van der Waals surface area (Å²) in [6.07, 6.45) is 4.06. The van der Waals surface area contributed by atoms with Crippen molar-refractivity contribution in [1.82, 2.24) is 20.0 Å². The fourth-order valence-corrected chi connectivity index (χ4v) is 2.79. The van der Waals surface area contributed by atoms with E-state index in [-0.39, 0.29) is 12.6 Å². The predicted octanol–water partition coefficient (Wildman–Crippen LogP) is 1.88. The van der Waals surface area contributed by atoms with Gasteiger partial charge in [-0.25, -0.2) is 9.48 Å². The van der Waals surface area contributed by atoms with Crippen LogP contribution in [0.1, 0.15) is 18.9 Å². The lowest BCUT2D eigenvalue weighted by atomic mass is 9.90. The second-order valence-corrected chi connectivity index (χ2v) is 6.31. The molecular formula is C17H20N4O3. The molecule has 0 saturated carbocycles. The largest absolute Gasteiger partial charge is 0.481 e. The third-order valence-corrected chi connectivity index (χ3v) is 4.43. The molecule has 24 heavy (non-hydrogen) atoms. The first kappa shape index (κ1) is 16.0. The van der Waals surface area contributed by atoms with Gasteiger partial charge in [0.1, 0.15) is 0 Å². The Balaban J connectivity index is 1.54. The van der Waals surface area contributed by atoms with E-state index in [4.69, 9.17) is 0 Å². The molecule has 126 valence electrons. The Morgan fingerprint density at radius 3 is 2.67 bits per heavy atom. The molecule has 1 atom stereocenters. The average molecular weight is 328 g/mol. The van der Waals surface area contributed by atoms with Gasteiger partial charge in [0.2, 0.25) is 0 Å². The monoisotopic (exact) mass is 328 g/mol. The summed E-state index contributed by atoms with van der Waals surface area (Å²) in [5.41, 5.74) is 1.08. The minimum absolute atomic E-state index is 0.226. The van der Waals surface area contributed by atoms with Crippen LogP contribution in [0.25, 0.3) is 5.69 Å². The maximum Gasteiger partial charge on any atom is 0.317 e. The van der Waals surface area contributed by atoms with Gasteiger partial charge in [-0.05, 0) is 37.1 Å². The number of hydrogen-bond acceptors (Lipinski definition) is 3. The van der Waals surface area contributed by atoms with Crippen molar-refractivity contribution in [2.75, 3.05) is 13.1 Å². The van der Waals surface area contributed by atoms with Crippen molar-refractivity contribution >= 4 is 12.0 Å². The Morgan fingerprint density at radius 1 is 1.33 bits per heavy atom. The van der Waals surface area contributed by atoms with E-state index >= 15 is 0 Å². The first-order chi connectivity index (χ1) is 11.5. The van der Waals surface area contributed by atoms with Gasteiger partial charge in [0.25, 0.3) is 0 Å². The molecule has 1 fully saturated rings. The first-order valence-corrected chi connectivity index (χ1v) is 7.83. The van der Waals surface area contributed by atoms with Gasteiger partial charge >= 0.3 is 12.0 Å². The molecule has 0 radical (unpaired) electrons. The molecule has 1 aromatic heterocycles. The number of hydrogen-bond donors (Lipinski definition) is 2. The fraction of sp³-hybridized carbons (Fsp3) is 0.353.